The molecule has 0 aliphatic carbocycles. The van der Waals surface area contributed by atoms with Gasteiger partial charge in [-0.05, 0) is 24.4 Å². The average Bonchev–Trinajstić information content (AvgIpc) is 1.60. The maximum atomic E-state index is 5.98. The fourth-order valence-corrected chi connectivity index (χ4v) is 3.86. The third-order valence-corrected chi connectivity index (χ3v) is 4.11. The van der Waals surface area contributed by atoms with E-state index in [0.29, 0.717) is 11.8 Å². The van der Waals surface area contributed by atoms with E-state index < -0.39 is 6.69 Å². The summed E-state index contributed by atoms with van der Waals surface area (Å²) >= 11 is 12.0. The first-order chi connectivity index (χ1) is 4.33. The molecule has 0 rings (SSSR count). The summed E-state index contributed by atoms with van der Waals surface area (Å²) in [6, 6.07) is 1.01. The molecule has 0 nitrogen and oxygen atoms in total. The van der Waals surface area contributed by atoms with Crippen molar-refractivity contribution in [2.24, 2.45) is 11.8 Å². The topological polar surface area (TPSA) is 0 Å². The van der Waals surface area contributed by atoms with Crippen LogP contribution in [0.25, 0.3) is 0 Å². The van der Waals surface area contributed by atoms with E-state index in [4.69, 9.17) is 22.2 Å². The van der Waals surface area contributed by atoms with Crippen molar-refractivity contribution in [1.82, 2.24) is 0 Å². The van der Waals surface area contributed by atoms with Crippen molar-refractivity contribution in [3.63, 3.8) is 0 Å². The highest BCUT2D eigenvalue weighted by atomic mass is 35.7. The lowest BCUT2D eigenvalue weighted by atomic mass is 10.0. The zero-order chi connectivity index (χ0) is 8.36. The predicted octanol–water partition coefficient (Wildman–Crippen LogP) is 3.83. The molecule has 0 heterocycles. The molecule has 0 aromatic rings. The molecule has 62 valence electrons. The Morgan fingerprint density at radius 1 is 1.20 bits per heavy atom. The zero-order valence-corrected chi connectivity index (χ0v) is 9.63. The van der Waals surface area contributed by atoms with E-state index in [1.54, 1.807) is 0 Å². The van der Waals surface area contributed by atoms with Gasteiger partial charge in [0.2, 0.25) is 6.69 Å². The molecule has 0 bridgehead atoms. The summed E-state index contributed by atoms with van der Waals surface area (Å²) in [5, 5.41) is 0. The van der Waals surface area contributed by atoms with Gasteiger partial charge < -0.3 is 0 Å². The van der Waals surface area contributed by atoms with Gasteiger partial charge in [0.25, 0.3) is 0 Å². The fraction of sp³-hybridized carbons (Fsp3) is 1.00. The first kappa shape index (κ1) is 10.8. The van der Waals surface area contributed by atoms with Crippen molar-refractivity contribution in [1.29, 1.82) is 0 Å². The van der Waals surface area contributed by atoms with Gasteiger partial charge in [-0.2, -0.15) is 0 Å². The molecular weight excluding hydrogens is 183 g/mol. The summed E-state index contributed by atoms with van der Waals surface area (Å²) in [4.78, 5) is 0. The van der Waals surface area contributed by atoms with Crippen LogP contribution in [0.15, 0.2) is 0 Å². The smallest absolute Gasteiger partial charge is 0.146 e. The van der Waals surface area contributed by atoms with Gasteiger partial charge >= 0.3 is 0 Å². The molecular formula is C7H16Cl2Si. The molecule has 1 unspecified atom stereocenters. The van der Waals surface area contributed by atoms with E-state index >= 15 is 0 Å². The third-order valence-electron chi connectivity index (χ3n) is 1.82. The van der Waals surface area contributed by atoms with E-state index in [0.717, 1.165) is 6.04 Å². The van der Waals surface area contributed by atoms with Crippen LogP contribution in [0.1, 0.15) is 20.8 Å². The zero-order valence-electron chi connectivity index (χ0n) is 7.12. The second-order valence-electron chi connectivity index (χ2n) is 3.50. The van der Waals surface area contributed by atoms with Gasteiger partial charge in [-0.25, -0.2) is 0 Å². The van der Waals surface area contributed by atoms with Crippen LogP contribution in [0.5, 0.6) is 0 Å². The van der Waals surface area contributed by atoms with Gasteiger partial charge in [0, 0.05) is 0 Å². The van der Waals surface area contributed by atoms with Crippen molar-refractivity contribution in [2.45, 2.75) is 33.4 Å². The second-order valence-corrected chi connectivity index (χ2v) is 11.6. The molecule has 0 saturated heterocycles. The van der Waals surface area contributed by atoms with Crippen LogP contribution >= 0.6 is 22.2 Å². The summed E-state index contributed by atoms with van der Waals surface area (Å²) in [6.45, 7) is 6.77. The molecule has 3 heteroatoms. The molecule has 0 spiro atoms. The van der Waals surface area contributed by atoms with Gasteiger partial charge in [-0.1, -0.05) is 20.8 Å². The Morgan fingerprint density at radius 3 is 1.70 bits per heavy atom. The van der Waals surface area contributed by atoms with Crippen molar-refractivity contribution >= 4 is 28.9 Å². The van der Waals surface area contributed by atoms with E-state index in [2.05, 4.69) is 20.8 Å². The molecule has 0 aromatic heterocycles. The monoisotopic (exact) mass is 198 g/mol. The van der Waals surface area contributed by atoms with Crippen LogP contribution in [-0.2, 0) is 0 Å². The summed E-state index contributed by atoms with van der Waals surface area (Å²) in [5.74, 6) is 1.36. The number of halogens is 2. The average molecular weight is 199 g/mol. The van der Waals surface area contributed by atoms with E-state index in [1.165, 1.54) is 0 Å². The molecule has 0 N–H and O–H groups in total. The second kappa shape index (κ2) is 3.98. The summed E-state index contributed by atoms with van der Waals surface area (Å²) in [6.07, 6.45) is 0. The van der Waals surface area contributed by atoms with Crippen LogP contribution in [0.4, 0.5) is 0 Å². The summed E-state index contributed by atoms with van der Waals surface area (Å²) in [5.41, 5.74) is 0. The lowest BCUT2D eigenvalue weighted by molar-refractivity contribution is 0.454. The Morgan fingerprint density at radius 2 is 1.60 bits per heavy atom. The number of hydrogen-bond acceptors (Lipinski definition) is 0. The lowest BCUT2D eigenvalue weighted by Crippen LogP contribution is -2.19. The highest BCUT2D eigenvalue weighted by molar-refractivity contribution is 7.44. The van der Waals surface area contributed by atoms with Crippen molar-refractivity contribution in [2.75, 3.05) is 0 Å². The third kappa shape index (κ3) is 5.57. The number of hydrogen-bond donors (Lipinski definition) is 0. The lowest BCUT2D eigenvalue weighted by Gasteiger charge is -2.19. The van der Waals surface area contributed by atoms with E-state index in [9.17, 15) is 0 Å². The largest absolute Gasteiger partial charge is 0.248 e. The first-order valence-corrected chi connectivity index (χ1v) is 8.44. The quantitative estimate of drug-likeness (QED) is 0.478. The van der Waals surface area contributed by atoms with Gasteiger partial charge in [0.05, 0.1) is 0 Å². The minimum absolute atomic E-state index is 0.659. The Balaban J connectivity index is 3.68. The Kier molecular flexibility index (Phi) is 4.30. The fourth-order valence-electron chi connectivity index (χ4n) is 0.801. The Hall–Kier alpha value is 0.797. The molecule has 0 aliphatic heterocycles. The van der Waals surface area contributed by atoms with Gasteiger partial charge in [-0.3, -0.25) is 0 Å². The predicted molar refractivity (Wildman–Crippen MR) is 52.1 cm³/mol. The van der Waals surface area contributed by atoms with Crippen molar-refractivity contribution in [3.8, 4) is 0 Å². The molecule has 0 amide bonds. The standard InChI is InChI=1S/C7H16Cl2Si/c1-6(2)7(3)5-10(4,8)9/h6-7H,5H2,1-4H3. The maximum absolute atomic E-state index is 5.98. The van der Waals surface area contributed by atoms with Crippen LogP contribution < -0.4 is 0 Å². The van der Waals surface area contributed by atoms with Crippen LogP contribution in [0.3, 0.4) is 0 Å². The molecule has 10 heavy (non-hydrogen) atoms. The minimum Gasteiger partial charge on any atom is -0.146 e. The van der Waals surface area contributed by atoms with Gasteiger partial charge in [0.1, 0.15) is 0 Å². The Labute approximate surface area is 74.3 Å². The Bertz CT molecular complexity index is 96.3. The molecule has 0 aliphatic rings. The van der Waals surface area contributed by atoms with E-state index in [1.807, 2.05) is 6.55 Å². The van der Waals surface area contributed by atoms with Crippen LogP contribution in [-0.4, -0.2) is 6.69 Å². The summed E-state index contributed by atoms with van der Waals surface area (Å²) in [7, 11) is 0. The van der Waals surface area contributed by atoms with Gasteiger partial charge in [-0.15, -0.1) is 22.2 Å². The normalized spacial score (nSPS) is 15.9. The van der Waals surface area contributed by atoms with Crippen LogP contribution in [0.2, 0.25) is 12.6 Å². The van der Waals surface area contributed by atoms with Crippen LogP contribution in [0, 0.1) is 11.8 Å². The minimum atomic E-state index is -1.84. The molecule has 1 atom stereocenters. The van der Waals surface area contributed by atoms with Crippen molar-refractivity contribution in [3.05, 3.63) is 0 Å². The SMILES string of the molecule is CC(C)C(C)C[Si](C)(Cl)Cl. The number of rotatable bonds is 3. The molecule has 0 radical (unpaired) electrons. The highest BCUT2D eigenvalue weighted by Crippen LogP contribution is 2.28. The molecule has 0 saturated carbocycles. The first-order valence-electron chi connectivity index (χ1n) is 3.71. The van der Waals surface area contributed by atoms with E-state index in [-0.39, 0.29) is 0 Å². The van der Waals surface area contributed by atoms with Crippen molar-refractivity contribution < 1.29 is 0 Å². The molecule has 0 fully saturated rings. The van der Waals surface area contributed by atoms with Gasteiger partial charge in [0.15, 0.2) is 0 Å². The summed E-state index contributed by atoms with van der Waals surface area (Å²) < 4.78 is 0. The highest BCUT2D eigenvalue weighted by Gasteiger charge is 2.25. The maximum Gasteiger partial charge on any atom is 0.248 e. The molecule has 0 aromatic carbocycles.